The van der Waals surface area contributed by atoms with Gasteiger partial charge < -0.3 is 5.73 Å². The van der Waals surface area contributed by atoms with E-state index in [9.17, 15) is 0 Å². The van der Waals surface area contributed by atoms with Gasteiger partial charge in [0, 0.05) is 11.6 Å². The predicted molar refractivity (Wildman–Crippen MR) is 75.9 cm³/mol. The average Bonchev–Trinajstić information content (AvgIpc) is 2.38. The highest BCUT2D eigenvalue weighted by atomic mass is 32.1. The number of allylic oxidation sites excluding steroid dienone is 2. The zero-order valence-electron chi connectivity index (χ0n) is 10.2. The summed E-state index contributed by atoms with van der Waals surface area (Å²) in [6, 6.07) is 0. The highest BCUT2D eigenvalue weighted by Crippen LogP contribution is 2.33. The van der Waals surface area contributed by atoms with Crippen molar-refractivity contribution in [3.63, 3.8) is 0 Å². The molecule has 1 unspecified atom stereocenters. The minimum Gasteiger partial charge on any atom is -0.375 e. The first kappa shape index (κ1) is 12.6. The Kier molecular flexibility index (Phi) is 4.54. The molecule has 1 atom stereocenters. The molecular formula is C13H21N3S. The van der Waals surface area contributed by atoms with Gasteiger partial charge in [-0.25, -0.2) is 0 Å². The van der Waals surface area contributed by atoms with Gasteiger partial charge in [0.2, 0.25) is 0 Å². The van der Waals surface area contributed by atoms with Gasteiger partial charge in [-0.05, 0) is 57.2 Å². The van der Waals surface area contributed by atoms with Gasteiger partial charge >= 0.3 is 0 Å². The third kappa shape index (κ3) is 3.53. The van der Waals surface area contributed by atoms with E-state index in [1.165, 1.54) is 50.7 Å². The highest BCUT2D eigenvalue weighted by Gasteiger charge is 2.24. The molecule has 4 heteroatoms. The van der Waals surface area contributed by atoms with Crippen molar-refractivity contribution in [3.8, 4) is 0 Å². The van der Waals surface area contributed by atoms with E-state index < -0.39 is 0 Å². The second-order valence-electron chi connectivity index (χ2n) is 4.90. The molecule has 1 saturated carbocycles. The Balaban J connectivity index is 2.08. The third-order valence-electron chi connectivity index (χ3n) is 3.66. The molecular weight excluding hydrogens is 230 g/mol. The Labute approximate surface area is 109 Å². The van der Waals surface area contributed by atoms with E-state index in [1.54, 1.807) is 5.57 Å². The molecule has 94 valence electrons. The van der Waals surface area contributed by atoms with Crippen molar-refractivity contribution in [2.75, 3.05) is 0 Å². The second-order valence-corrected chi connectivity index (χ2v) is 5.34. The van der Waals surface area contributed by atoms with Crippen LogP contribution in [0.1, 0.15) is 51.4 Å². The van der Waals surface area contributed by atoms with Crippen LogP contribution in [-0.4, -0.2) is 10.8 Å². The van der Waals surface area contributed by atoms with Gasteiger partial charge in [0.15, 0.2) is 5.11 Å². The Morgan fingerprint density at radius 1 is 1.29 bits per heavy atom. The number of thiocarbonyl (C=S) groups is 1. The van der Waals surface area contributed by atoms with Crippen molar-refractivity contribution in [1.82, 2.24) is 5.43 Å². The van der Waals surface area contributed by atoms with Crippen molar-refractivity contribution in [2.45, 2.75) is 51.4 Å². The van der Waals surface area contributed by atoms with Gasteiger partial charge in [-0.3, -0.25) is 5.43 Å². The molecule has 17 heavy (non-hydrogen) atoms. The van der Waals surface area contributed by atoms with Gasteiger partial charge in [-0.1, -0.05) is 18.1 Å². The summed E-state index contributed by atoms with van der Waals surface area (Å²) in [6.07, 6.45) is 12.5. The number of hydrogen-bond acceptors (Lipinski definition) is 2. The first-order chi connectivity index (χ1) is 8.27. The maximum absolute atomic E-state index is 5.43. The van der Waals surface area contributed by atoms with Gasteiger partial charge in [-0.15, -0.1) is 0 Å². The van der Waals surface area contributed by atoms with Crippen molar-refractivity contribution in [3.05, 3.63) is 11.6 Å². The summed E-state index contributed by atoms with van der Waals surface area (Å²) in [5.74, 6) is 0.547. The molecule has 0 saturated heterocycles. The molecule has 2 aliphatic rings. The molecule has 0 radical (unpaired) electrons. The van der Waals surface area contributed by atoms with Crippen molar-refractivity contribution < 1.29 is 0 Å². The maximum Gasteiger partial charge on any atom is 0.184 e. The van der Waals surface area contributed by atoms with Crippen LogP contribution in [0.5, 0.6) is 0 Å². The number of nitrogens with two attached hydrogens (primary N) is 1. The normalized spacial score (nSPS) is 27.6. The van der Waals surface area contributed by atoms with E-state index >= 15 is 0 Å². The van der Waals surface area contributed by atoms with Gasteiger partial charge in [0.1, 0.15) is 0 Å². The van der Waals surface area contributed by atoms with E-state index in [4.69, 9.17) is 18.0 Å². The van der Waals surface area contributed by atoms with Crippen molar-refractivity contribution in [1.29, 1.82) is 0 Å². The van der Waals surface area contributed by atoms with Crippen molar-refractivity contribution in [2.24, 2.45) is 16.8 Å². The summed E-state index contributed by atoms with van der Waals surface area (Å²) in [6.45, 7) is 0. The number of nitrogens with zero attached hydrogens (tertiary/aromatic N) is 1. The van der Waals surface area contributed by atoms with Crippen LogP contribution in [0.15, 0.2) is 16.8 Å². The van der Waals surface area contributed by atoms with E-state index in [0.29, 0.717) is 5.92 Å². The molecule has 0 aliphatic heterocycles. The third-order valence-corrected chi connectivity index (χ3v) is 3.75. The van der Waals surface area contributed by atoms with Gasteiger partial charge in [-0.2, -0.15) is 5.10 Å². The lowest BCUT2D eigenvalue weighted by atomic mass is 9.78. The second kappa shape index (κ2) is 6.15. The molecule has 2 rings (SSSR count). The summed E-state index contributed by atoms with van der Waals surface area (Å²) in [4.78, 5) is 0. The molecule has 0 heterocycles. The van der Waals surface area contributed by atoms with Crippen LogP contribution in [-0.2, 0) is 0 Å². The lowest BCUT2D eigenvalue weighted by Gasteiger charge is -2.28. The fourth-order valence-electron chi connectivity index (χ4n) is 2.84. The van der Waals surface area contributed by atoms with E-state index in [0.717, 1.165) is 6.42 Å². The smallest absolute Gasteiger partial charge is 0.184 e. The number of rotatable bonds is 2. The zero-order valence-corrected chi connectivity index (χ0v) is 11.1. The van der Waals surface area contributed by atoms with Crippen molar-refractivity contribution >= 4 is 23.0 Å². The first-order valence-electron chi connectivity index (χ1n) is 6.58. The molecule has 0 spiro atoms. The topological polar surface area (TPSA) is 50.4 Å². The van der Waals surface area contributed by atoms with E-state index in [-0.39, 0.29) is 5.11 Å². The number of hydrazone groups is 1. The van der Waals surface area contributed by atoms with E-state index in [2.05, 4.69) is 16.6 Å². The first-order valence-corrected chi connectivity index (χ1v) is 6.99. The lowest BCUT2D eigenvalue weighted by molar-refractivity contribution is 0.538. The highest BCUT2D eigenvalue weighted by molar-refractivity contribution is 7.80. The fourth-order valence-corrected chi connectivity index (χ4v) is 2.88. The Morgan fingerprint density at radius 2 is 2.12 bits per heavy atom. The Morgan fingerprint density at radius 3 is 2.82 bits per heavy atom. The molecule has 0 aromatic rings. The molecule has 3 N–H and O–H groups in total. The average molecular weight is 251 g/mol. The Bertz CT molecular complexity index is 347. The number of nitrogens with one attached hydrogen (secondary N) is 1. The summed E-state index contributed by atoms with van der Waals surface area (Å²) in [5.41, 5.74) is 11.0. The monoisotopic (exact) mass is 251 g/mol. The summed E-state index contributed by atoms with van der Waals surface area (Å²) in [7, 11) is 0. The van der Waals surface area contributed by atoms with Crippen LogP contribution in [0.2, 0.25) is 0 Å². The molecule has 0 amide bonds. The van der Waals surface area contributed by atoms with Gasteiger partial charge in [0.05, 0.1) is 0 Å². The molecule has 3 nitrogen and oxygen atoms in total. The van der Waals surface area contributed by atoms with Crippen LogP contribution < -0.4 is 11.2 Å². The molecule has 1 fully saturated rings. The largest absolute Gasteiger partial charge is 0.375 e. The fraction of sp³-hybridized carbons (Fsp3) is 0.692. The summed E-state index contributed by atoms with van der Waals surface area (Å²) >= 11 is 4.80. The minimum absolute atomic E-state index is 0.263. The molecule has 0 aromatic carbocycles. The number of hydrogen-bond donors (Lipinski definition) is 2. The quantitative estimate of drug-likeness (QED) is 0.451. The molecule has 0 aromatic heterocycles. The standard InChI is InChI=1S/C13H21N3S/c14-13(17)16-15-12-9-5-4-8-11(12)10-6-2-1-3-7-10/h6,11H,1-5,7-9H2,(H3,14,16,17). The lowest BCUT2D eigenvalue weighted by Crippen LogP contribution is -2.29. The van der Waals surface area contributed by atoms with Crippen LogP contribution >= 0.6 is 12.2 Å². The summed E-state index contributed by atoms with van der Waals surface area (Å²) < 4.78 is 0. The van der Waals surface area contributed by atoms with Gasteiger partial charge in [0.25, 0.3) is 0 Å². The Hall–Kier alpha value is -0.900. The minimum atomic E-state index is 0.263. The predicted octanol–water partition coefficient (Wildman–Crippen LogP) is 2.87. The maximum atomic E-state index is 5.43. The molecule has 0 bridgehead atoms. The van der Waals surface area contributed by atoms with E-state index in [1.807, 2.05) is 0 Å². The molecule has 2 aliphatic carbocycles. The zero-order chi connectivity index (χ0) is 12.1. The SMILES string of the molecule is NC(=S)NN=C1CCCCC1C1=CCCCC1. The van der Waals surface area contributed by atoms with Crippen LogP contribution in [0.4, 0.5) is 0 Å². The van der Waals surface area contributed by atoms with Crippen LogP contribution in [0.3, 0.4) is 0 Å². The van der Waals surface area contributed by atoms with Crippen LogP contribution in [0.25, 0.3) is 0 Å². The van der Waals surface area contributed by atoms with Crippen LogP contribution in [0, 0.1) is 5.92 Å². The summed E-state index contributed by atoms with van der Waals surface area (Å²) in [5, 5.41) is 4.66.